The third-order valence-corrected chi connectivity index (χ3v) is 4.66. The van der Waals surface area contributed by atoms with Crippen molar-refractivity contribution in [2.45, 2.75) is 27.2 Å². The number of aryl methyl sites for hydroxylation is 3. The number of nitrogens with zero attached hydrogens (tertiary/aromatic N) is 1. The van der Waals surface area contributed by atoms with Crippen LogP contribution in [-0.2, 0) is 11.2 Å². The van der Waals surface area contributed by atoms with Crippen molar-refractivity contribution < 1.29 is 18.4 Å². The van der Waals surface area contributed by atoms with Crippen molar-refractivity contribution in [3.05, 3.63) is 70.9 Å². The van der Waals surface area contributed by atoms with Crippen LogP contribution in [0.4, 0.5) is 14.9 Å². The molecule has 7 nitrogen and oxygen atoms in total. The summed E-state index contributed by atoms with van der Waals surface area (Å²) in [4.78, 5) is 28.4. The van der Waals surface area contributed by atoms with Gasteiger partial charge in [-0.05, 0) is 56.2 Å². The lowest BCUT2D eigenvalue weighted by atomic mass is 10.1. The summed E-state index contributed by atoms with van der Waals surface area (Å²) in [7, 11) is 0. The Labute approximate surface area is 180 Å². The average Bonchev–Trinajstić information content (AvgIpc) is 3.18. The zero-order valence-corrected chi connectivity index (χ0v) is 17.7. The molecule has 3 aromatic rings. The minimum Gasteiger partial charge on any atom is -0.444 e. The van der Waals surface area contributed by atoms with Crippen LogP contribution in [0.5, 0.6) is 0 Å². The molecule has 1 heterocycles. The first-order valence-corrected chi connectivity index (χ1v) is 9.91. The number of anilines is 1. The average molecular weight is 424 g/mol. The second-order valence-corrected chi connectivity index (χ2v) is 7.33. The van der Waals surface area contributed by atoms with Crippen LogP contribution in [0.2, 0.25) is 0 Å². The van der Waals surface area contributed by atoms with Gasteiger partial charge in [-0.2, -0.15) is 0 Å². The van der Waals surface area contributed by atoms with E-state index in [1.807, 2.05) is 32.9 Å². The number of carbonyl (C=O) groups excluding carboxylic acids is 2. The molecule has 0 aliphatic rings. The van der Waals surface area contributed by atoms with E-state index in [-0.39, 0.29) is 18.3 Å². The summed E-state index contributed by atoms with van der Waals surface area (Å²) in [5.74, 6) is -0.244. The number of hydrogen-bond acceptors (Lipinski definition) is 4. The minimum atomic E-state index is -0.449. The van der Waals surface area contributed by atoms with Crippen molar-refractivity contribution in [1.82, 2.24) is 15.6 Å². The van der Waals surface area contributed by atoms with Gasteiger partial charge in [0.15, 0.2) is 0 Å². The number of rotatable bonds is 7. The van der Waals surface area contributed by atoms with Gasteiger partial charge in [-0.15, -0.1) is 0 Å². The molecular weight excluding hydrogens is 399 g/mol. The maximum atomic E-state index is 13.0. The monoisotopic (exact) mass is 424 g/mol. The Morgan fingerprint density at radius 2 is 1.71 bits per heavy atom. The quantitative estimate of drug-likeness (QED) is 0.536. The number of amides is 3. The van der Waals surface area contributed by atoms with E-state index in [0.717, 1.165) is 22.4 Å². The standard InChI is InChI=1S/C23H25FN4O3/c1-14-10-15(2)21(16(3)11-14)28-20(29)12-26-23(30)25-9-8-19-13-31-22(27-19)17-4-6-18(24)7-5-17/h4-7,10-11,13H,8-9,12H2,1-3H3,(H,28,29)(H2,25,26,30). The van der Waals surface area contributed by atoms with Crippen LogP contribution in [0.25, 0.3) is 11.5 Å². The lowest BCUT2D eigenvalue weighted by Crippen LogP contribution is -2.40. The number of urea groups is 1. The summed E-state index contributed by atoms with van der Waals surface area (Å²) in [6.45, 7) is 6.04. The normalized spacial score (nSPS) is 10.6. The van der Waals surface area contributed by atoms with Gasteiger partial charge in [0.05, 0.1) is 12.2 Å². The molecule has 1 aromatic heterocycles. The summed E-state index contributed by atoms with van der Waals surface area (Å²) >= 11 is 0. The van der Waals surface area contributed by atoms with E-state index in [0.29, 0.717) is 30.1 Å². The molecule has 0 atom stereocenters. The fourth-order valence-corrected chi connectivity index (χ4v) is 3.23. The van der Waals surface area contributed by atoms with E-state index in [2.05, 4.69) is 20.9 Å². The van der Waals surface area contributed by atoms with Crippen molar-refractivity contribution >= 4 is 17.6 Å². The predicted octanol–water partition coefficient (Wildman–Crippen LogP) is 3.89. The molecule has 3 rings (SSSR count). The number of oxazole rings is 1. The van der Waals surface area contributed by atoms with Gasteiger partial charge in [0.2, 0.25) is 11.8 Å². The fraction of sp³-hybridized carbons (Fsp3) is 0.261. The molecule has 8 heteroatoms. The van der Waals surface area contributed by atoms with Gasteiger partial charge in [-0.25, -0.2) is 14.2 Å². The van der Waals surface area contributed by atoms with Gasteiger partial charge >= 0.3 is 6.03 Å². The Morgan fingerprint density at radius 3 is 2.39 bits per heavy atom. The van der Waals surface area contributed by atoms with Crippen molar-refractivity contribution in [2.75, 3.05) is 18.4 Å². The Kier molecular flexibility index (Phi) is 7.02. The van der Waals surface area contributed by atoms with Crippen LogP contribution in [-0.4, -0.2) is 30.0 Å². The van der Waals surface area contributed by atoms with Crippen LogP contribution < -0.4 is 16.0 Å². The smallest absolute Gasteiger partial charge is 0.315 e. The van der Waals surface area contributed by atoms with E-state index < -0.39 is 6.03 Å². The highest BCUT2D eigenvalue weighted by atomic mass is 19.1. The largest absolute Gasteiger partial charge is 0.444 e. The van der Waals surface area contributed by atoms with Crippen LogP contribution in [0, 0.1) is 26.6 Å². The summed E-state index contributed by atoms with van der Waals surface area (Å²) in [5.41, 5.74) is 5.17. The second-order valence-electron chi connectivity index (χ2n) is 7.33. The number of carbonyl (C=O) groups is 2. The number of hydrogen-bond donors (Lipinski definition) is 3. The highest BCUT2D eigenvalue weighted by Gasteiger charge is 2.11. The topological polar surface area (TPSA) is 96.3 Å². The van der Waals surface area contributed by atoms with E-state index in [9.17, 15) is 14.0 Å². The molecular formula is C23H25FN4O3. The first-order chi connectivity index (χ1) is 14.8. The van der Waals surface area contributed by atoms with E-state index in [4.69, 9.17) is 4.42 Å². The molecule has 0 aliphatic carbocycles. The van der Waals surface area contributed by atoms with Crippen LogP contribution in [0.1, 0.15) is 22.4 Å². The molecule has 3 N–H and O–H groups in total. The number of nitrogens with one attached hydrogen (secondary N) is 3. The third-order valence-electron chi connectivity index (χ3n) is 4.66. The Balaban J connectivity index is 1.41. The molecule has 0 bridgehead atoms. The molecule has 31 heavy (non-hydrogen) atoms. The van der Waals surface area contributed by atoms with Crippen LogP contribution in [0.3, 0.4) is 0 Å². The Hall–Kier alpha value is -3.68. The van der Waals surface area contributed by atoms with Gasteiger partial charge in [0.1, 0.15) is 12.1 Å². The number of benzene rings is 2. The zero-order valence-electron chi connectivity index (χ0n) is 17.7. The van der Waals surface area contributed by atoms with Crippen LogP contribution >= 0.6 is 0 Å². The third kappa shape index (κ3) is 6.15. The maximum absolute atomic E-state index is 13.0. The molecule has 0 unspecified atom stereocenters. The predicted molar refractivity (Wildman–Crippen MR) is 116 cm³/mol. The minimum absolute atomic E-state index is 0.142. The molecule has 0 spiro atoms. The summed E-state index contributed by atoms with van der Waals surface area (Å²) in [5, 5.41) is 8.05. The Morgan fingerprint density at radius 1 is 1.03 bits per heavy atom. The number of halogens is 1. The molecule has 162 valence electrons. The van der Waals surface area contributed by atoms with Gasteiger partial charge in [-0.3, -0.25) is 4.79 Å². The Bertz CT molecular complexity index is 1050. The van der Waals surface area contributed by atoms with Crippen molar-refractivity contribution in [1.29, 1.82) is 0 Å². The number of aromatic nitrogens is 1. The van der Waals surface area contributed by atoms with Gasteiger partial charge in [0.25, 0.3) is 0 Å². The molecule has 2 aromatic carbocycles. The maximum Gasteiger partial charge on any atom is 0.315 e. The van der Waals surface area contributed by atoms with Crippen molar-refractivity contribution in [2.24, 2.45) is 0 Å². The highest BCUT2D eigenvalue weighted by Crippen LogP contribution is 2.21. The van der Waals surface area contributed by atoms with Crippen molar-refractivity contribution in [3.63, 3.8) is 0 Å². The second kappa shape index (κ2) is 9.88. The fourth-order valence-electron chi connectivity index (χ4n) is 3.23. The molecule has 0 saturated carbocycles. The van der Waals surface area contributed by atoms with Gasteiger partial charge in [-0.1, -0.05) is 17.7 Å². The highest BCUT2D eigenvalue weighted by molar-refractivity contribution is 5.95. The lowest BCUT2D eigenvalue weighted by Gasteiger charge is -2.13. The zero-order chi connectivity index (χ0) is 22.4. The van der Waals surface area contributed by atoms with E-state index >= 15 is 0 Å². The first kappa shape index (κ1) is 22.0. The van der Waals surface area contributed by atoms with E-state index in [1.54, 1.807) is 12.1 Å². The summed E-state index contributed by atoms with van der Waals surface area (Å²) < 4.78 is 18.4. The molecule has 3 amide bonds. The summed E-state index contributed by atoms with van der Waals surface area (Å²) in [6.07, 6.45) is 1.95. The molecule has 0 saturated heterocycles. The van der Waals surface area contributed by atoms with Gasteiger partial charge in [0, 0.05) is 24.2 Å². The summed E-state index contributed by atoms with van der Waals surface area (Å²) in [6, 6.07) is 9.38. The van der Waals surface area contributed by atoms with E-state index in [1.165, 1.54) is 18.4 Å². The SMILES string of the molecule is Cc1cc(C)c(NC(=O)CNC(=O)NCCc2coc(-c3ccc(F)cc3)n2)c(C)c1. The van der Waals surface area contributed by atoms with Crippen LogP contribution in [0.15, 0.2) is 47.1 Å². The first-order valence-electron chi connectivity index (χ1n) is 9.91. The molecule has 0 radical (unpaired) electrons. The molecule has 0 aliphatic heterocycles. The van der Waals surface area contributed by atoms with Crippen molar-refractivity contribution in [3.8, 4) is 11.5 Å². The van der Waals surface area contributed by atoms with Gasteiger partial charge < -0.3 is 20.4 Å². The molecule has 0 fully saturated rings. The lowest BCUT2D eigenvalue weighted by molar-refractivity contribution is -0.115.